The molecule has 1 aliphatic heterocycles. The Hall–Kier alpha value is -3.08. The largest absolute Gasteiger partial charge is 0.372 e. The Morgan fingerprint density at radius 3 is 2.15 bits per heavy atom. The average Bonchev–Trinajstić information content (AvgIpc) is 2.68. The van der Waals surface area contributed by atoms with E-state index in [9.17, 15) is 4.79 Å². The first-order valence-electron chi connectivity index (χ1n) is 9.17. The summed E-state index contributed by atoms with van der Waals surface area (Å²) < 4.78 is 0. The number of hydrogen-bond acceptors (Lipinski definition) is 4. The van der Waals surface area contributed by atoms with E-state index in [1.165, 1.54) is 0 Å². The highest BCUT2D eigenvalue weighted by molar-refractivity contribution is 6.02. The standard InChI is InChI=1S/C22H26N4O/c1-16(2)25-12-14-26(15-13-25)22(27)18-8-10-19(11-9-18)24-21-7-5-4-6-20(21)17(3)23/h4-11,23-24H,1,12-15H2,2-3H3. The smallest absolute Gasteiger partial charge is 0.253 e. The predicted molar refractivity (Wildman–Crippen MR) is 111 cm³/mol. The average molecular weight is 362 g/mol. The summed E-state index contributed by atoms with van der Waals surface area (Å²) in [7, 11) is 0. The number of hydrogen-bond donors (Lipinski definition) is 2. The number of benzene rings is 2. The number of para-hydroxylation sites is 1. The predicted octanol–water partition coefficient (Wildman–Crippen LogP) is 4.11. The number of nitrogens with one attached hydrogen (secondary N) is 2. The van der Waals surface area contributed by atoms with Crippen molar-refractivity contribution >= 4 is 23.0 Å². The molecule has 0 aromatic heterocycles. The summed E-state index contributed by atoms with van der Waals surface area (Å²) in [6.07, 6.45) is 0. The van der Waals surface area contributed by atoms with Crippen LogP contribution in [0, 0.1) is 5.41 Å². The summed E-state index contributed by atoms with van der Waals surface area (Å²) >= 11 is 0. The van der Waals surface area contributed by atoms with Crippen LogP contribution >= 0.6 is 0 Å². The van der Waals surface area contributed by atoms with Crippen LogP contribution in [-0.2, 0) is 0 Å². The Morgan fingerprint density at radius 2 is 1.56 bits per heavy atom. The van der Waals surface area contributed by atoms with Crippen LogP contribution in [0.2, 0.25) is 0 Å². The number of carbonyl (C=O) groups excluding carboxylic acids is 1. The van der Waals surface area contributed by atoms with Gasteiger partial charge >= 0.3 is 0 Å². The van der Waals surface area contributed by atoms with E-state index < -0.39 is 0 Å². The Balaban J connectivity index is 1.66. The number of piperazine rings is 1. The van der Waals surface area contributed by atoms with Gasteiger partial charge in [0, 0.05) is 60.1 Å². The van der Waals surface area contributed by atoms with Crippen molar-refractivity contribution in [3.63, 3.8) is 0 Å². The molecule has 5 nitrogen and oxygen atoms in total. The molecule has 0 saturated carbocycles. The van der Waals surface area contributed by atoms with E-state index in [2.05, 4.69) is 16.8 Å². The van der Waals surface area contributed by atoms with Crippen molar-refractivity contribution in [1.29, 1.82) is 5.41 Å². The number of nitrogens with zero attached hydrogens (tertiary/aromatic N) is 2. The molecule has 0 bridgehead atoms. The molecule has 1 heterocycles. The molecule has 0 radical (unpaired) electrons. The van der Waals surface area contributed by atoms with E-state index in [1.54, 1.807) is 6.92 Å². The lowest BCUT2D eigenvalue weighted by molar-refractivity contribution is 0.0670. The molecule has 5 heteroatoms. The lowest BCUT2D eigenvalue weighted by atomic mass is 10.1. The first-order valence-corrected chi connectivity index (χ1v) is 9.17. The van der Waals surface area contributed by atoms with Crippen LogP contribution in [0.15, 0.2) is 60.8 Å². The van der Waals surface area contributed by atoms with Gasteiger partial charge in [-0.05, 0) is 44.2 Å². The zero-order valence-corrected chi connectivity index (χ0v) is 16.0. The maximum absolute atomic E-state index is 12.7. The lowest BCUT2D eigenvalue weighted by Crippen LogP contribution is -2.47. The maximum Gasteiger partial charge on any atom is 0.253 e. The summed E-state index contributed by atoms with van der Waals surface area (Å²) in [4.78, 5) is 16.8. The second-order valence-electron chi connectivity index (χ2n) is 6.89. The van der Waals surface area contributed by atoms with Crippen molar-refractivity contribution in [2.45, 2.75) is 13.8 Å². The van der Waals surface area contributed by atoms with Gasteiger partial charge in [-0.3, -0.25) is 4.79 Å². The monoisotopic (exact) mass is 362 g/mol. The van der Waals surface area contributed by atoms with Gasteiger partial charge in [-0.25, -0.2) is 0 Å². The fraction of sp³-hybridized carbons (Fsp3) is 0.273. The maximum atomic E-state index is 12.7. The molecule has 1 fully saturated rings. The van der Waals surface area contributed by atoms with Gasteiger partial charge in [0.1, 0.15) is 0 Å². The van der Waals surface area contributed by atoms with Gasteiger partial charge in [-0.1, -0.05) is 24.8 Å². The van der Waals surface area contributed by atoms with Crippen LogP contribution < -0.4 is 5.32 Å². The topological polar surface area (TPSA) is 59.4 Å². The minimum absolute atomic E-state index is 0.0682. The third-order valence-electron chi connectivity index (χ3n) is 4.85. The summed E-state index contributed by atoms with van der Waals surface area (Å²) in [5, 5.41) is 11.2. The molecule has 0 atom stereocenters. The van der Waals surface area contributed by atoms with Crippen molar-refractivity contribution in [2.24, 2.45) is 0 Å². The van der Waals surface area contributed by atoms with E-state index >= 15 is 0 Å². The molecule has 2 aromatic carbocycles. The van der Waals surface area contributed by atoms with Gasteiger partial charge < -0.3 is 20.5 Å². The minimum Gasteiger partial charge on any atom is -0.372 e. The van der Waals surface area contributed by atoms with Crippen LogP contribution in [0.5, 0.6) is 0 Å². The fourth-order valence-corrected chi connectivity index (χ4v) is 3.24. The number of amides is 1. The normalized spacial score (nSPS) is 14.0. The van der Waals surface area contributed by atoms with Crippen molar-refractivity contribution in [2.75, 3.05) is 31.5 Å². The van der Waals surface area contributed by atoms with E-state index in [-0.39, 0.29) is 5.91 Å². The van der Waals surface area contributed by atoms with Gasteiger partial charge in [0.25, 0.3) is 5.91 Å². The van der Waals surface area contributed by atoms with Crippen molar-refractivity contribution < 1.29 is 4.79 Å². The Bertz CT molecular complexity index is 849. The highest BCUT2D eigenvalue weighted by atomic mass is 16.2. The van der Waals surface area contributed by atoms with Gasteiger partial charge in [-0.2, -0.15) is 0 Å². The second kappa shape index (κ2) is 8.08. The van der Waals surface area contributed by atoms with E-state index in [1.807, 2.05) is 60.4 Å². The van der Waals surface area contributed by atoms with E-state index in [4.69, 9.17) is 5.41 Å². The van der Waals surface area contributed by atoms with E-state index in [0.717, 1.165) is 48.8 Å². The molecule has 1 saturated heterocycles. The number of rotatable bonds is 5. The summed E-state index contributed by atoms with van der Waals surface area (Å²) in [6.45, 7) is 10.9. The minimum atomic E-state index is 0.0682. The molecule has 27 heavy (non-hydrogen) atoms. The Labute approximate surface area is 160 Å². The summed E-state index contributed by atoms with van der Waals surface area (Å²) in [5.41, 5.74) is 4.91. The first kappa shape index (κ1) is 18.7. The second-order valence-corrected chi connectivity index (χ2v) is 6.89. The van der Waals surface area contributed by atoms with Gasteiger partial charge in [-0.15, -0.1) is 0 Å². The SMILES string of the molecule is C=C(C)N1CCN(C(=O)c2ccc(Nc3ccccc3C(C)=N)cc2)CC1. The number of carbonyl (C=O) groups is 1. The Kier molecular flexibility index (Phi) is 5.60. The van der Waals surface area contributed by atoms with Crippen LogP contribution in [-0.4, -0.2) is 47.6 Å². The quantitative estimate of drug-likeness (QED) is 0.787. The molecular weight excluding hydrogens is 336 g/mol. The molecule has 3 rings (SSSR count). The zero-order chi connectivity index (χ0) is 19.4. The summed E-state index contributed by atoms with van der Waals surface area (Å²) in [5.74, 6) is 0.0682. The molecule has 0 spiro atoms. The van der Waals surface area contributed by atoms with Gasteiger partial charge in [0.05, 0.1) is 0 Å². The molecule has 1 amide bonds. The molecule has 2 aromatic rings. The fourth-order valence-electron chi connectivity index (χ4n) is 3.24. The van der Waals surface area contributed by atoms with Crippen molar-refractivity contribution in [3.8, 4) is 0 Å². The van der Waals surface area contributed by atoms with Crippen molar-refractivity contribution in [3.05, 3.63) is 71.9 Å². The van der Waals surface area contributed by atoms with Crippen LogP contribution in [0.1, 0.15) is 29.8 Å². The number of anilines is 2. The lowest BCUT2D eigenvalue weighted by Gasteiger charge is -2.36. The highest BCUT2D eigenvalue weighted by Gasteiger charge is 2.21. The van der Waals surface area contributed by atoms with Gasteiger partial charge in [0.2, 0.25) is 0 Å². The first-order chi connectivity index (χ1) is 13.0. The number of allylic oxidation sites excluding steroid dienone is 1. The van der Waals surface area contributed by atoms with Gasteiger partial charge in [0.15, 0.2) is 0 Å². The molecule has 140 valence electrons. The molecule has 2 N–H and O–H groups in total. The van der Waals surface area contributed by atoms with E-state index in [0.29, 0.717) is 11.3 Å². The van der Waals surface area contributed by atoms with Crippen molar-refractivity contribution in [1.82, 2.24) is 9.80 Å². The molecular formula is C22H26N4O. The third-order valence-corrected chi connectivity index (χ3v) is 4.85. The van der Waals surface area contributed by atoms with Crippen LogP contribution in [0.25, 0.3) is 0 Å². The Morgan fingerprint density at radius 1 is 0.963 bits per heavy atom. The highest BCUT2D eigenvalue weighted by Crippen LogP contribution is 2.22. The molecule has 0 aliphatic carbocycles. The zero-order valence-electron chi connectivity index (χ0n) is 16.0. The third kappa shape index (κ3) is 4.37. The van der Waals surface area contributed by atoms with Crippen LogP contribution in [0.4, 0.5) is 11.4 Å². The molecule has 1 aliphatic rings. The van der Waals surface area contributed by atoms with Crippen LogP contribution in [0.3, 0.4) is 0 Å². The summed E-state index contributed by atoms with van der Waals surface area (Å²) in [6, 6.07) is 15.3. The molecule has 0 unspecified atom stereocenters.